The average molecular weight is 261 g/mol. The molecule has 0 bridgehead atoms. The Kier molecular flexibility index (Phi) is 3.29. The lowest BCUT2D eigenvalue weighted by Gasteiger charge is -2.34. The van der Waals surface area contributed by atoms with Crippen molar-refractivity contribution < 1.29 is 24.1 Å². The van der Waals surface area contributed by atoms with Gasteiger partial charge < -0.3 is 14.7 Å². The number of hydrogen-bond acceptors (Lipinski definition) is 6. The molecule has 1 N–H and O–H groups in total. The van der Waals surface area contributed by atoms with E-state index in [4.69, 9.17) is 19.3 Å². The Labute approximate surface area is 104 Å². The molecular weight excluding hydrogens is 242 g/mol. The van der Waals surface area contributed by atoms with Crippen LogP contribution in [0.3, 0.4) is 0 Å². The maximum Gasteiger partial charge on any atom is 0.314 e. The maximum absolute atomic E-state index is 11.4. The van der Waals surface area contributed by atoms with Gasteiger partial charge in [0.2, 0.25) is 0 Å². The van der Waals surface area contributed by atoms with E-state index in [0.717, 1.165) is 18.1 Å². The van der Waals surface area contributed by atoms with Gasteiger partial charge in [-0.05, 0) is 20.8 Å². The van der Waals surface area contributed by atoms with Crippen molar-refractivity contribution in [2.24, 2.45) is 11.3 Å². The first-order chi connectivity index (χ1) is 8.41. The third-order valence-corrected chi connectivity index (χ3v) is 2.66. The predicted molar refractivity (Wildman–Crippen MR) is 60.2 cm³/mol. The number of aliphatic hydroxyl groups excluding tert-OH is 1. The summed E-state index contributed by atoms with van der Waals surface area (Å²) in [4.78, 5) is 17.9. The van der Waals surface area contributed by atoms with Gasteiger partial charge in [0.1, 0.15) is 5.02 Å². The number of ether oxygens (including phenoxy) is 1. The fourth-order valence-electron chi connectivity index (χ4n) is 1.41. The minimum atomic E-state index is -0.547. The number of esters is 1. The highest BCUT2D eigenvalue weighted by Gasteiger charge is 2.33. The number of carbonyl (C=O) groups excluding carboxylic acids is 1. The quantitative estimate of drug-likeness (QED) is 0.564. The second kappa shape index (κ2) is 4.60. The van der Waals surface area contributed by atoms with Gasteiger partial charge in [-0.1, -0.05) is 0 Å². The number of aromatic nitrogens is 2. The van der Waals surface area contributed by atoms with Crippen LogP contribution in [0.25, 0.3) is 0 Å². The third kappa shape index (κ3) is 2.81. The molecule has 1 aliphatic heterocycles. The molecule has 1 saturated heterocycles. The van der Waals surface area contributed by atoms with Gasteiger partial charge in [-0.2, -0.15) is 4.63 Å². The van der Waals surface area contributed by atoms with Gasteiger partial charge >= 0.3 is 5.97 Å². The molecule has 1 aromatic heterocycles. The van der Waals surface area contributed by atoms with Crippen LogP contribution in [0.4, 0.5) is 0 Å². The summed E-state index contributed by atoms with van der Waals surface area (Å²) in [6.45, 7) is 6.73. The van der Waals surface area contributed by atoms with E-state index < -0.39 is 5.41 Å². The number of rotatable bonds is 5. The Hall–Kier alpha value is -1.57. The van der Waals surface area contributed by atoms with Crippen LogP contribution < -0.4 is 9.85 Å². The lowest BCUT2D eigenvalue weighted by atomic mass is 9.98. The van der Waals surface area contributed by atoms with Crippen LogP contribution in [-0.4, -0.2) is 47.5 Å². The molecule has 2 heterocycles. The number of hydrogen-bond donors (Lipinski definition) is 1. The number of nitrogens with zero attached hydrogens (tertiary/aromatic N) is 3. The van der Waals surface area contributed by atoms with Gasteiger partial charge in [-0.15, -0.1) is 0 Å². The van der Waals surface area contributed by atoms with E-state index in [1.54, 1.807) is 20.8 Å². The summed E-state index contributed by atoms with van der Waals surface area (Å²) in [7, 11) is 0. The van der Waals surface area contributed by atoms with Gasteiger partial charge in [0.25, 0.3) is 6.79 Å². The molecule has 0 atom stereocenters. The summed E-state index contributed by atoms with van der Waals surface area (Å²) < 4.78 is 9.89. The molecule has 1 fully saturated rings. The van der Waals surface area contributed by atoms with Crippen LogP contribution in [0.5, 0.6) is 0 Å². The Balaban J connectivity index is 1.63. The number of aliphatic hydroxyl groups is 1. The summed E-state index contributed by atoms with van der Waals surface area (Å²) in [6.07, 6.45) is 0. The first kappa shape index (κ1) is 12.9. The molecule has 1 aromatic rings. The Morgan fingerprint density at radius 3 is 2.67 bits per heavy atom. The Bertz CT molecular complexity index is 393. The lowest BCUT2D eigenvalue weighted by molar-refractivity contribution is -0.168. The molecule has 2 rings (SSSR count). The second-order valence-corrected chi connectivity index (χ2v) is 5.42. The van der Waals surface area contributed by atoms with Crippen molar-refractivity contribution in [2.45, 2.75) is 20.8 Å². The topological polar surface area (TPSA) is 82.0 Å². The predicted octanol–water partition coefficient (Wildman–Crippen LogP) is -0.582. The van der Waals surface area contributed by atoms with E-state index in [2.05, 4.69) is 0 Å². The first-order valence-corrected chi connectivity index (χ1v) is 5.86. The molecule has 8 nitrogen and oxygen atoms in total. The normalized spacial score (nSPS) is 16.8. The molecule has 0 aliphatic carbocycles. The number of carbonyl (C=O) groups is 1. The van der Waals surface area contributed by atoms with Crippen molar-refractivity contribution in [3.63, 3.8) is 0 Å². The second-order valence-electron chi connectivity index (χ2n) is 5.42. The van der Waals surface area contributed by atoms with E-state index in [1.807, 2.05) is 5.01 Å². The van der Waals surface area contributed by atoms with Crippen molar-refractivity contribution >= 4 is 5.97 Å². The minimum absolute atomic E-state index is 0.175. The van der Waals surface area contributed by atoms with E-state index in [0.29, 0.717) is 0 Å². The molecule has 0 radical (unpaired) electrons. The standard InChI is InChI=1S/C10H19N3O5/c1-10(2,3)9(15)16-7-17-13-12(18-13)11-4-8(5-11)6-14/h8,14H,4-7H2,1-3H3. The van der Waals surface area contributed by atoms with Crippen LogP contribution in [0.1, 0.15) is 20.8 Å². The molecule has 104 valence electrons. The van der Waals surface area contributed by atoms with Crippen molar-refractivity contribution in [3.8, 4) is 0 Å². The molecule has 0 spiro atoms. The van der Waals surface area contributed by atoms with Gasteiger partial charge in [0.15, 0.2) is 0 Å². The molecule has 0 aromatic carbocycles. The smallest absolute Gasteiger partial charge is 0.314 e. The highest BCUT2D eigenvalue weighted by Crippen LogP contribution is 2.16. The molecule has 1 aliphatic rings. The van der Waals surface area contributed by atoms with E-state index in [1.165, 1.54) is 4.96 Å². The highest BCUT2D eigenvalue weighted by atomic mass is 17.0. The van der Waals surface area contributed by atoms with Crippen molar-refractivity contribution in [3.05, 3.63) is 0 Å². The summed E-state index contributed by atoms with van der Waals surface area (Å²) in [5.41, 5.74) is -0.547. The van der Waals surface area contributed by atoms with E-state index in [-0.39, 0.29) is 25.3 Å². The maximum atomic E-state index is 11.4. The van der Waals surface area contributed by atoms with Crippen LogP contribution in [0.15, 0.2) is 4.63 Å². The summed E-state index contributed by atoms with van der Waals surface area (Å²) in [5, 5.41) is 11.8. The first-order valence-electron chi connectivity index (χ1n) is 5.86. The van der Waals surface area contributed by atoms with E-state index >= 15 is 0 Å². The zero-order chi connectivity index (χ0) is 13.3. The van der Waals surface area contributed by atoms with Crippen LogP contribution in [0.2, 0.25) is 0 Å². The van der Waals surface area contributed by atoms with Crippen LogP contribution in [-0.2, 0) is 9.53 Å². The van der Waals surface area contributed by atoms with Crippen LogP contribution in [0, 0.1) is 11.3 Å². The van der Waals surface area contributed by atoms with Gasteiger partial charge in [-0.25, -0.2) is 0 Å². The zero-order valence-electron chi connectivity index (χ0n) is 10.8. The molecular formula is C10H19N3O5. The summed E-state index contributed by atoms with van der Waals surface area (Å²) in [6, 6.07) is 0. The Morgan fingerprint density at radius 1 is 1.44 bits per heavy atom. The highest BCUT2D eigenvalue weighted by molar-refractivity contribution is 5.75. The minimum Gasteiger partial charge on any atom is -0.425 e. The fourth-order valence-corrected chi connectivity index (χ4v) is 1.41. The third-order valence-electron chi connectivity index (χ3n) is 2.66. The van der Waals surface area contributed by atoms with Crippen molar-refractivity contribution in [1.82, 2.24) is 9.98 Å². The van der Waals surface area contributed by atoms with Gasteiger partial charge in [0, 0.05) is 30.6 Å². The molecule has 0 saturated carbocycles. The summed E-state index contributed by atoms with van der Waals surface area (Å²) >= 11 is 0. The van der Waals surface area contributed by atoms with Gasteiger partial charge in [0.05, 0.1) is 5.41 Å². The molecule has 8 heteroatoms. The fraction of sp³-hybridized carbons (Fsp3) is 0.900. The van der Waals surface area contributed by atoms with Crippen molar-refractivity contribution in [1.29, 1.82) is 0 Å². The molecule has 0 unspecified atom stereocenters. The molecule has 18 heavy (non-hydrogen) atoms. The van der Waals surface area contributed by atoms with Gasteiger partial charge in [-0.3, -0.25) is 9.80 Å². The SMILES string of the molecule is CC(C)(C)C(=O)OCOn1on1N1CC(CO)C1. The zero-order valence-corrected chi connectivity index (χ0v) is 10.8. The monoisotopic (exact) mass is 261 g/mol. The summed E-state index contributed by atoms with van der Waals surface area (Å²) in [5.74, 6) is -0.0463. The van der Waals surface area contributed by atoms with Crippen LogP contribution >= 0.6 is 0 Å². The molecule has 0 amide bonds. The largest absolute Gasteiger partial charge is 0.425 e. The van der Waals surface area contributed by atoms with Crippen molar-refractivity contribution in [2.75, 3.05) is 31.5 Å². The average Bonchev–Trinajstić information content (AvgIpc) is 2.94. The van der Waals surface area contributed by atoms with E-state index in [9.17, 15) is 4.79 Å². The Morgan fingerprint density at radius 2 is 2.11 bits per heavy atom. The lowest BCUT2D eigenvalue weighted by Crippen LogP contribution is -2.53.